The molecule has 3 rings (SSSR count). The summed E-state index contributed by atoms with van der Waals surface area (Å²) < 4.78 is 1.68. The summed E-state index contributed by atoms with van der Waals surface area (Å²) in [6.45, 7) is 2.63. The summed E-state index contributed by atoms with van der Waals surface area (Å²) in [7, 11) is 0. The van der Waals surface area contributed by atoms with Crippen LogP contribution in [0, 0.1) is 0 Å². The number of anilines is 1. The maximum atomic E-state index is 12.3. The van der Waals surface area contributed by atoms with Gasteiger partial charge < -0.3 is 5.32 Å². The molecular weight excluding hydrogens is 250 g/mol. The molecule has 1 aromatic heterocycles. The van der Waals surface area contributed by atoms with Gasteiger partial charge in [0.2, 0.25) is 0 Å². The predicted octanol–water partition coefficient (Wildman–Crippen LogP) is 3.31. The molecule has 0 fully saturated rings. The normalized spacial score (nSPS) is 10.7. The maximum Gasteiger partial charge on any atom is 0.273 e. The highest BCUT2D eigenvalue weighted by Gasteiger charge is 2.12. The minimum absolute atomic E-state index is 0.138. The first kappa shape index (κ1) is 12.4. The molecule has 1 amide bonds. The third-order valence-electron chi connectivity index (χ3n) is 3.29. The van der Waals surface area contributed by atoms with Gasteiger partial charge in [0.05, 0.1) is 0 Å². The zero-order valence-electron chi connectivity index (χ0n) is 11.2. The average molecular weight is 265 g/mol. The second-order valence-electron chi connectivity index (χ2n) is 4.51. The Balaban J connectivity index is 1.96. The fourth-order valence-corrected chi connectivity index (χ4v) is 2.30. The highest BCUT2D eigenvalue weighted by atomic mass is 16.2. The second-order valence-corrected chi connectivity index (χ2v) is 4.51. The first-order valence-corrected chi connectivity index (χ1v) is 6.60. The van der Waals surface area contributed by atoms with Crippen LogP contribution in [0.4, 0.5) is 5.69 Å². The highest BCUT2D eigenvalue weighted by molar-refractivity contribution is 6.08. The van der Waals surface area contributed by atoms with Crippen molar-refractivity contribution in [2.75, 3.05) is 5.32 Å². The van der Waals surface area contributed by atoms with Gasteiger partial charge in [0.15, 0.2) is 0 Å². The topological polar surface area (TPSA) is 46.9 Å². The van der Waals surface area contributed by atoms with Gasteiger partial charge >= 0.3 is 0 Å². The van der Waals surface area contributed by atoms with Crippen LogP contribution in [0.25, 0.3) is 10.8 Å². The predicted molar refractivity (Wildman–Crippen MR) is 79.8 cm³/mol. The number of carbonyl (C=O) groups excluding carboxylic acids is 1. The van der Waals surface area contributed by atoms with Crippen LogP contribution < -0.4 is 5.32 Å². The van der Waals surface area contributed by atoms with E-state index in [1.807, 2.05) is 49.4 Å². The summed E-state index contributed by atoms with van der Waals surface area (Å²) in [6.07, 6.45) is 1.64. The van der Waals surface area contributed by atoms with Crippen molar-refractivity contribution in [2.24, 2.45) is 0 Å². The molecule has 0 atom stereocenters. The number of nitrogens with zero attached hydrogens (tertiary/aromatic N) is 2. The van der Waals surface area contributed by atoms with E-state index in [1.54, 1.807) is 16.9 Å². The van der Waals surface area contributed by atoms with Gasteiger partial charge in [0.25, 0.3) is 5.91 Å². The number of amides is 1. The summed E-state index contributed by atoms with van der Waals surface area (Å²) in [4.78, 5) is 12.3. The van der Waals surface area contributed by atoms with Crippen LogP contribution in [0.15, 0.2) is 54.7 Å². The fraction of sp³-hybridized carbons (Fsp3) is 0.125. The van der Waals surface area contributed by atoms with E-state index in [4.69, 9.17) is 0 Å². The molecule has 0 aliphatic heterocycles. The van der Waals surface area contributed by atoms with Crippen molar-refractivity contribution in [3.05, 3.63) is 60.4 Å². The highest BCUT2D eigenvalue weighted by Crippen LogP contribution is 2.23. The van der Waals surface area contributed by atoms with Crippen molar-refractivity contribution in [1.82, 2.24) is 9.78 Å². The summed E-state index contributed by atoms with van der Waals surface area (Å²) in [6, 6.07) is 15.6. The minimum Gasteiger partial charge on any atom is -0.320 e. The summed E-state index contributed by atoms with van der Waals surface area (Å²) in [5, 5.41) is 9.22. The van der Waals surface area contributed by atoms with Crippen molar-refractivity contribution < 1.29 is 4.79 Å². The molecule has 4 heteroatoms. The van der Waals surface area contributed by atoms with Crippen molar-refractivity contribution in [3.63, 3.8) is 0 Å². The van der Waals surface area contributed by atoms with Crippen LogP contribution in [0.5, 0.6) is 0 Å². The van der Waals surface area contributed by atoms with Gasteiger partial charge in [0, 0.05) is 23.8 Å². The molecule has 0 aliphatic carbocycles. The van der Waals surface area contributed by atoms with E-state index in [2.05, 4.69) is 10.4 Å². The van der Waals surface area contributed by atoms with Crippen LogP contribution in [-0.2, 0) is 6.54 Å². The van der Waals surface area contributed by atoms with E-state index in [-0.39, 0.29) is 5.91 Å². The van der Waals surface area contributed by atoms with Gasteiger partial charge in [0.1, 0.15) is 5.69 Å². The van der Waals surface area contributed by atoms with Crippen LogP contribution in [-0.4, -0.2) is 15.7 Å². The Bertz CT molecular complexity index is 756. The van der Waals surface area contributed by atoms with Crippen molar-refractivity contribution in [1.29, 1.82) is 0 Å². The largest absolute Gasteiger partial charge is 0.320 e. The number of nitrogens with one attached hydrogen (secondary N) is 1. The lowest BCUT2D eigenvalue weighted by Gasteiger charge is -2.09. The molecule has 1 heterocycles. The van der Waals surface area contributed by atoms with Crippen LogP contribution in [0.2, 0.25) is 0 Å². The molecule has 0 unspecified atom stereocenters. The van der Waals surface area contributed by atoms with E-state index < -0.39 is 0 Å². The first-order valence-electron chi connectivity index (χ1n) is 6.60. The smallest absolute Gasteiger partial charge is 0.273 e. The molecule has 20 heavy (non-hydrogen) atoms. The second kappa shape index (κ2) is 5.17. The molecule has 3 aromatic rings. The van der Waals surface area contributed by atoms with Gasteiger partial charge in [-0.2, -0.15) is 5.10 Å². The number of benzene rings is 2. The molecule has 2 aromatic carbocycles. The molecule has 0 saturated heterocycles. The Labute approximate surface area is 117 Å². The van der Waals surface area contributed by atoms with Gasteiger partial charge in [-0.15, -0.1) is 0 Å². The third-order valence-corrected chi connectivity index (χ3v) is 3.29. The monoisotopic (exact) mass is 265 g/mol. The Hall–Kier alpha value is -2.62. The van der Waals surface area contributed by atoms with E-state index >= 15 is 0 Å². The lowest BCUT2D eigenvalue weighted by Crippen LogP contribution is -2.17. The van der Waals surface area contributed by atoms with Crippen molar-refractivity contribution in [2.45, 2.75) is 13.5 Å². The Morgan fingerprint density at radius 3 is 2.80 bits per heavy atom. The van der Waals surface area contributed by atoms with Gasteiger partial charge in [-0.25, -0.2) is 0 Å². The quantitative estimate of drug-likeness (QED) is 0.789. The van der Waals surface area contributed by atoms with E-state index in [9.17, 15) is 4.79 Å². The standard InChI is InChI=1S/C16H15N3O/c1-2-19-15(10-11-17-19)16(20)18-14-9-5-7-12-6-3-4-8-13(12)14/h3-11H,2H2,1H3,(H,18,20). The summed E-state index contributed by atoms with van der Waals surface area (Å²) in [5.41, 5.74) is 1.39. The molecule has 0 bridgehead atoms. The van der Waals surface area contributed by atoms with Crippen LogP contribution >= 0.6 is 0 Å². The van der Waals surface area contributed by atoms with Crippen molar-refractivity contribution in [3.8, 4) is 0 Å². The van der Waals surface area contributed by atoms with E-state index in [1.165, 1.54) is 0 Å². The van der Waals surface area contributed by atoms with Crippen LogP contribution in [0.1, 0.15) is 17.4 Å². The number of hydrogen-bond donors (Lipinski definition) is 1. The Morgan fingerprint density at radius 2 is 1.95 bits per heavy atom. The van der Waals surface area contributed by atoms with Gasteiger partial charge in [-0.05, 0) is 24.4 Å². The molecular formula is C16H15N3O. The SMILES string of the molecule is CCn1nccc1C(=O)Nc1cccc2ccccc12. The Kier molecular flexibility index (Phi) is 3.21. The zero-order chi connectivity index (χ0) is 13.9. The van der Waals surface area contributed by atoms with Gasteiger partial charge in [-0.3, -0.25) is 9.48 Å². The van der Waals surface area contributed by atoms with E-state index in [0.717, 1.165) is 16.5 Å². The minimum atomic E-state index is -0.138. The maximum absolute atomic E-state index is 12.3. The molecule has 1 N–H and O–H groups in total. The lowest BCUT2D eigenvalue weighted by atomic mass is 10.1. The number of aromatic nitrogens is 2. The molecule has 4 nitrogen and oxygen atoms in total. The summed E-state index contributed by atoms with van der Waals surface area (Å²) in [5.74, 6) is -0.138. The lowest BCUT2D eigenvalue weighted by molar-refractivity contribution is 0.101. The first-order chi connectivity index (χ1) is 9.79. The number of rotatable bonds is 3. The number of carbonyl (C=O) groups is 1. The Morgan fingerprint density at radius 1 is 1.15 bits per heavy atom. The number of aryl methyl sites for hydroxylation is 1. The van der Waals surface area contributed by atoms with Crippen LogP contribution in [0.3, 0.4) is 0 Å². The van der Waals surface area contributed by atoms with Crippen molar-refractivity contribution >= 4 is 22.4 Å². The number of hydrogen-bond acceptors (Lipinski definition) is 2. The molecule has 0 aliphatic rings. The molecule has 0 saturated carbocycles. The molecule has 0 radical (unpaired) electrons. The third kappa shape index (κ3) is 2.16. The molecule has 100 valence electrons. The average Bonchev–Trinajstić information content (AvgIpc) is 2.96. The molecule has 0 spiro atoms. The fourth-order valence-electron chi connectivity index (χ4n) is 2.30. The number of fused-ring (bicyclic) bond motifs is 1. The summed E-state index contributed by atoms with van der Waals surface area (Å²) >= 11 is 0. The zero-order valence-corrected chi connectivity index (χ0v) is 11.2. The van der Waals surface area contributed by atoms with Gasteiger partial charge in [-0.1, -0.05) is 36.4 Å². The van der Waals surface area contributed by atoms with E-state index in [0.29, 0.717) is 12.2 Å².